The molecular formula is C15H28N2O3S. The summed E-state index contributed by atoms with van der Waals surface area (Å²) in [5.41, 5.74) is 0. The van der Waals surface area contributed by atoms with Crippen LogP contribution in [0.4, 0.5) is 0 Å². The van der Waals surface area contributed by atoms with Crippen LogP contribution in [0.15, 0.2) is 21.6 Å². The highest BCUT2D eigenvalue weighted by molar-refractivity contribution is 7.89. The topological polar surface area (TPSA) is 62.6 Å². The van der Waals surface area contributed by atoms with Crippen molar-refractivity contribution >= 4 is 10.0 Å². The van der Waals surface area contributed by atoms with Gasteiger partial charge in [-0.25, -0.2) is 8.42 Å². The SMILES string of the molecule is CCNCc1ccc(S(=O)(=O)N(CC(C)C)CC(C)C)o1. The van der Waals surface area contributed by atoms with Crippen molar-refractivity contribution in [2.24, 2.45) is 11.8 Å². The summed E-state index contributed by atoms with van der Waals surface area (Å²) in [6, 6.07) is 3.27. The lowest BCUT2D eigenvalue weighted by Gasteiger charge is -2.24. The van der Waals surface area contributed by atoms with Crippen LogP contribution in [-0.2, 0) is 16.6 Å². The molecule has 0 aliphatic rings. The molecule has 0 aliphatic carbocycles. The van der Waals surface area contributed by atoms with Gasteiger partial charge < -0.3 is 9.73 Å². The van der Waals surface area contributed by atoms with Gasteiger partial charge in [0, 0.05) is 13.1 Å². The minimum absolute atomic E-state index is 0.0386. The molecule has 0 amide bonds. The first-order valence-corrected chi connectivity index (χ1v) is 9.01. The molecule has 0 atom stereocenters. The number of rotatable bonds is 9. The zero-order valence-electron chi connectivity index (χ0n) is 13.7. The summed E-state index contributed by atoms with van der Waals surface area (Å²) in [7, 11) is -3.56. The predicted molar refractivity (Wildman–Crippen MR) is 84.5 cm³/mol. The van der Waals surface area contributed by atoms with Crippen LogP contribution in [0.3, 0.4) is 0 Å². The number of sulfonamides is 1. The highest BCUT2D eigenvalue weighted by Crippen LogP contribution is 2.21. The van der Waals surface area contributed by atoms with Gasteiger partial charge in [-0.3, -0.25) is 0 Å². The summed E-state index contributed by atoms with van der Waals surface area (Å²) in [6.07, 6.45) is 0. The summed E-state index contributed by atoms with van der Waals surface area (Å²) in [5, 5.41) is 3.16. The Bertz CT molecular complexity index is 511. The molecule has 1 rings (SSSR count). The quantitative estimate of drug-likeness (QED) is 0.761. The molecule has 1 aromatic heterocycles. The fourth-order valence-electron chi connectivity index (χ4n) is 2.05. The molecule has 1 N–H and O–H groups in total. The van der Waals surface area contributed by atoms with Crippen molar-refractivity contribution < 1.29 is 12.8 Å². The lowest BCUT2D eigenvalue weighted by molar-refractivity contribution is 0.317. The van der Waals surface area contributed by atoms with E-state index >= 15 is 0 Å². The highest BCUT2D eigenvalue weighted by atomic mass is 32.2. The summed E-state index contributed by atoms with van der Waals surface area (Å²) in [5.74, 6) is 1.19. The Balaban J connectivity index is 2.96. The molecule has 0 unspecified atom stereocenters. The third-order valence-corrected chi connectivity index (χ3v) is 4.62. The van der Waals surface area contributed by atoms with E-state index in [0.717, 1.165) is 6.54 Å². The lowest BCUT2D eigenvalue weighted by Crippen LogP contribution is -2.36. The van der Waals surface area contributed by atoms with E-state index < -0.39 is 10.0 Å². The number of hydrogen-bond acceptors (Lipinski definition) is 4. The van der Waals surface area contributed by atoms with Crippen LogP contribution in [-0.4, -0.2) is 32.4 Å². The third kappa shape index (κ3) is 5.45. The van der Waals surface area contributed by atoms with E-state index in [1.807, 2.05) is 34.6 Å². The molecule has 6 heteroatoms. The molecule has 1 heterocycles. The largest absolute Gasteiger partial charge is 0.447 e. The molecule has 0 radical (unpaired) electrons. The molecule has 0 aromatic carbocycles. The van der Waals surface area contributed by atoms with Gasteiger partial charge in [0.05, 0.1) is 6.54 Å². The van der Waals surface area contributed by atoms with Gasteiger partial charge in [0.25, 0.3) is 10.0 Å². The van der Waals surface area contributed by atoms with Gasteiger partial charge in [0.1, 0.15) is 5.76 Å². The molecule has 0 fully saturated rings. The van der Waals surface area contributed by atoms with Gasteiger partial charge in [-0.1, -0.05) is 34.6 Å². The van der Waals surface area contributed by atoms with E-state index in [1.54, 1.807) is 12.1 Å². The second-order valence-electron chi connectivity index (χ2n) is 6.11. The summed E-state index contributed by atoms with van der Waals surface area (Å²) < 4.78 is 32.4. The highest BCUT2D eigenvalue weighted by Gasteiger charge is 2.28. The Labute approximate surface area is 128 Å². The van der Waals surface area contributed by atoms with Gasteiger partial charge in [0.2, 0.25) is 5.09 Å². The van der Waals surface area contributed by atoms with E-state index in [0.29, 0.717) is 25.4 Å². The van der Waals surface area contributed by atoms with Gasteiger partial charge in [0.15, 0.2) is 0 Å². The molecule has 5 nitrogen and oxygen atoms in total. The predicted octanol–water partition coefficient (Wildman–Crippen LogP) is 2.69. The van der Waals surface area contributed by atoms with Gasteiger partial charge in [-0.15, -0.1) is 0 Å². The van der Waals surface area contributed by atoms with Crippen molar-refractivity contribution in [2.75, 3.05) is 19.6 Å². The molecule has 0 bridgehead atoms. The van der Waals surface area contributed by atoms with Gasteiger partial charge >= 0.3 is 0 Å². The molecule has 0 saturated carbocycles. The monoisotopic (exact) mass is 316 g/mol. The van der Waals surface area contributed by atoms with Crippen molar-refractivity contribution in [2.45, 2.75) is 46.3 Å². The number of hydrogen-bond donors (Lipinski definition) is 1. The third-order valence-electron chi connectivity index (χ3n) is 2.92. The Hall–Kier alpha value is -0.850. The lowest BCUT2D eigenvalue weighted by atomic mass is 10.2. The van der Waals surface area contributed by atoms with Crippen molar-refractivity contribution in [3.63, 3.8) is 0 Å². The smallest absolute Gasteiger partial charge is 0.276 e. The number of nitrogens with one attached hydrogen (secondary N) is 1. The molecule has 1 aromatic rings. The van der Waals surface area contributed by atoms with E-state index in [9.17, 15) is 8.42 Å². The van der Waals surface area contributed by atoms with Crippen molar-refractivity contribution in [1.29, 1.82) is 0 Å². The minimum Gasteiger partial charge on any atom is -0.447 e. The fourth-order valence-corrected chi connectivity index (χ4v) is 3.75. The Kier molecular flexibility index (Phi) is 6.90. The first-order valence-electron chi connectivity index (χ1n) is 7.57. The molecule has 0 aliphatic heterocycles. The minimum atomic E-state index is -3.56. The zero-order chi connectivity index (χ0) is 16.0. The van der Waals surface area contributed by atoms with E-state index in [4.69, 9.17) is 4.42 Å². The Morgan fingerprint density at radius 1 is 1.14 bits per heavy atom. The second kappa shape index (κ2) is 7.96. The second-order valence-corrected chi connectivity index (χ2v) is 7.98. The molecule has 21 heavy (non-hydrogen) atoms. The standard InChI is InChI=1S/C15H28N2O3S/c1-6-16-9-14-7-8-15(20-14)21(18,19)17(10-12(2)3)11-13(4)5/h7-8,12-13,16H,6,9-11H2,1-5H3. The number of nitrogens with zero attached hydrogens (tertiary/aromatic N) is 1. The first kappa shape index (κ1) is 18.2. The normalized spacial score (nSPS) is 12.8. The summed E-state index contributed by atoms with van der Waals surface area (Å²) in [4.78, 5) is 0. The van der Waals surface area contributed by atoms with Crippen LogP contribution in [0, 0.1) is 11.8 Å². The molecule has 122 valence electrons. The first-order chi connectivity index (χ1) is 9.77. The summed E-state index contributed by atoms with van der Waals surface area (Å²) >= 11 is 0. The van der Waals surface area contributed by atoms with Crippen LogP contribution in [0.25, 0.3) is 0 Å². The summed E-state index contributed by atoms with van der Waals surface area (Å²) in [6.45, 7) is 12.4. The van der Waals surface area contributed by atoms with E-state index in [-0.39, 0.29) is 16.9 Å². The van der Waals surface area contributed by atoms with Crippen LogP contribution in [0.1, 0.15) is 40.4 Å². The Morgan fingerprint density at radius 2 is 1.71 bits per heavy atom. The van der Waals surface area contributed by atoms with E-state index in [1.165, 1.54) is 4.31 Å². The average Bonchev–Trinajstić information content (AvgIpc) is 2.83. The van der Waals surface area contributed by atoms with Gasteiger partial charge in [-0.2, -0.15) is 4.31 Å². The van der Waals surface area contributed by atoms with Crippen molar-refractivity contribution in [3.05, 3.63) is 17.9 Å². The fraction of sp³-hybridized carbons (Fsp3) is 0.733. The van der Waals surface area contributed by atoms with Crippen LogP contribution >= 0.6 is 0 Å². The van der Waals surface area contributed by atoms with Crippen LogP contribution in [0.2, 0.25) is 0 Å². The van der Waals surface area contributed by atoms with Crippen LogP contribution < -0.4 is 5.32 Å². The maximum atomic E-state index is 12.7. The maximum Gasteiger partial charge on any atom is 0.276 e. The van der Waals surface area contributed by atoms with Crippen molar-refractivity contribution in [1.82, 2.24) is 9.62 Å². The van der Waals surface area contributed by atoms with Gasteiger partial charge in [-0.05, 0) is 30.5 Å². The zero-order valence-corrected chi connectivity index (χ0v) is 14.5. The average molecular weight is 316 g/mol. The molecule has 0 spiro atoms. The van der Waals surface area contributed by atoms with E-state index in [2.05, 4.69) is 5.32 Å². The van der Waals surface area contributed by atoms with Crippen LogP contribution in [0.5, 0.6) is 0 Å². The molecular weight excluding hydrogens is 288 g/mol. The Morgan fingerprint density at radius 3 is 2.19 bits per heavy atom. The molecule has 0 saturated heterocycles. The number of furan rings is 1. The maximum absolute atomic E-state index is 12.7. The van der Waals surface area contributed by atoms with Crippen molar-refractivity contribution in [3.8, 4) is 0 Å².